The van der Waals surface area contributed by atoms with Crippen LogP contribution in [0.4, 0.5) is 4.39 Å². The van der Waals surface area contributed by atoms with Crippen LogP contribution in [0.3, 0.4) is 0 Å². The molecule has 16 heavy (non-hydrogen) atoms. The molecule has 2 nitrogen and oxygen atoms in total. The molecule has 4 heteroatoms. The van der Waals surface area contributed by atoms with Gasteiger partial charge in [-0.3, -0.25) is 0 Å². The number of rotatable bonds is 5. The van der Waals surface area contributed by atoms with Crippen LogP contribution in [0.5, 0.6) is 0 Å². The van der Waals surface area contributed by atoms with Gasteiger partial charge in [-0.25, -0.2) is 4.39 Å². The normalized spacial score (nSPS) is 14.8. The maximum Gasteiger partial charge on any atom is 0.137 e. The molecule has 0 spiro atoms. The summed E-state index contributed by atoms with van der Waals surface area (Å²) in [6.45, 7) is 2.72. The molecule has 0 amide bonds. The van der Waals surface area contributed by atoms with E-state index in [2.05, 4.69) is 15.9 Å². The average molecular weight is 290 g/mol. The highest BCUT2D eigenvalue weighted by Gasteiger charge is 2.15. The summed E-state index contributed by atoms with van der Waals surface area (Å²) in [4.78, 5) is 0. The maximum absolute atomic E-state index is 13.3. The van der Waals surface area contributed by atoms with Gasteiger partial charge in [0.1, 0.15) is 5.82 Å². The van der Waals surface area contributed by atoms with E-state index in [1.807, 2.05) is 13.0 Å². The standard InChI is InChI=1S/C12H17BrFNO/c1-8(5-6-16-2)12(15)9-3-4-10(13)11(14)7-9/h3-4,7-8,12H,5-6,15H2,1-2H3. The second-order valence-corrected chi connectivity index (χ2v) is 4.81. The van der Waals surface area contributed by atoms with E-state index in [4.69, 9.17) is 10.5 Å². The molecule has 2 N–H and O–H groups in total. The van der Waals surface area contributed by atoms with E-state index in [0.29, 0.717) is 11.1 Å². The molecule has 90 valence electrons. The lowest BCUT2D eigenvalue weighted by molar-refractivity contribution is 0.174. The topological polar surface area (TPSA) is 35.2 Å². The van der Waals surface area contributed by atoms with Crippen LogP contribution in [-0.4, -0.2) is 13.7 Å². The Morgan fingerprint density at radius 2 is 2.19 bits per heavy atom. The smallest absolute Gasteiger partial charge is 0.137 e. The minimum absolute atomic E-state index is 0.155. The first-order valence-corrected chi connectivity index (χ1v) is 6.05. The number of hydrogen-bond donors (Lipinski definition) is 1. The summed E-state index contributed by atoms with van der Waals surface area (Å²) < 4.78 is 18.8. The second-order valence-electron chi connectivity index (χ2n) is 3.96. The van der Waals surface area contributed by atoms with Gasteiger partial charge < -0.3 is 10.5 Å². The number of ether oxygens (including phenoxy) is 1. The van der Waals surface area contributed by atoms with Gasteiger partial charge in [0.25, 0.3) is 0 Å². The van der Waals surface area contributed by atoms with Crippen LogP contribution in [0.15, 0.2) is 22.7 Å². The molecule has 1 aromatic rings. The van der Waals surface area contributed by atoms with Crippen molar-refractivity contribution in [1.82, 2.24) is 0 Å². The van der Waals surface area contributed by atoms with Gasteiger partial charge in [-0.1, -0.05) is 13.0 Å². The van der Waals surface area contributed by atoms with Crippen LogP contribution >= 0.6 is 15.9 Å². The van der Waals surface area contributed by atoms with E-state index in [9.17, 15) is 4.39 Å². The van der Waals surface area contributed by atoms with Gasteiger partial charge in [-0.2, -0.15) is 0 Å². The molecule has 0 saturated heterocycles. The van der Waals surface area contributed by atoms with Crippen molar-refractivity contribution in [2.24, 2.45) is 11.7 Å². The summed E-state index contributed by atoms with van der Waals surface area (Å²) >= 11 is 3.12. The molecule has 1 rings (SSSR count). The van der Waals surface area contributed by atoms with Gasteiger partial charge in [0.2, 0.25) is 0 Å². The zero-order valence-corrected chi connectivity index (χ0v) is 11.1. The van der Waals surface area contributed by atoms with Crippen molar-refractivity contribution < 1.29 is 9.13 Å². The molecule has 2 atom stereocenters. The molecule has 0 saturated carbocycles. The van der Waals surface area contributed by atoms with Gasteiger partial charge in [0, 0.05) is 19.8 Å². The molecule has 0 aliphatic carbocycles. The molecule has 0 aliphatic rings. The summed E-state index contributed by atoms with van der Waals surface area (Å²) in [7, 11) is 1.66. The largest absolute Gasteiger partial charge is 0.385 e. The van der Waals surface area contributed by atoms with Crippen LogP contribution in [-0.2, 0) is 4.74 Å². The average Bonchev–Trinajstić information content (AvgIpc) is 2.28. The summed E-state index contributed by atoms with van der Waals surface area (Å²) in [6, 6.07) is 4.87. The Hall–Kier alpha value is -0.450. The van der Waals surface area contributed by atoms with Crippen molar-refractivity contribution >= 4 is 15.9 Å². The lowest BCUT2D eigenvalue weighted by Gasteiger charge is -2.20. The summed E-state index contributed by atoms with van der Waals surface area (Å²) in [5.74, 6) is -0.00702. The Morgan fingerprint density at radius 1 is 1.50 bits per heavy atom. The second kappa shape index (κ2) is 6.33. The quantitative estimate of drug-likeness (QED) is 0.903. The third-order valence-corrected chi connectivity index (χ3v) is 3.36. The summed E-state index contributed by atoms with van der Waals surface area (Å²) in [5, 5.41) is 0. The molecule has 0 aromatic heterocycles. The zero-order chi connectivity index (χ0) is 12.1. The van der Waals surface area contributed by atoms with E-state index in [1.54, 1.807) is 13.2 Å². The van der Waals surface area contributed by atoms with Gasteiger partial charge in [0.15, 0.2) is 0 Å². The van der Waals surface area contributed by atoms with Crippen molar-refractivity contribution in [2.75, 3.05) is 13.7 Å². The highest BCUT2D eigenvalue weighted by molar-refractivity contribution is 9.10. The molecule has 0 heterocycles. The third kappa shape index (κ3) is 3.54. The van der Waals surface area contributed by atoms with E-state index in [1.165, 1.54) is 6.07 Å². The van der Waals surface area contributed by atoms with E-state index in [0.717, 1.165) is 12.0 Å². The minimum atomic E-state index is -0.271. The zero-order valence-electron chi connectivity index (χ0n) is 9.54. The minimum Gasteiger partial charge on any atom is -0.385 e. The first kappa shape index (κ1) is 13.6. The highest BCUT2D eigenvalue weighted by atomic mass is 79.9. The Bertz CT molecular complexity index is 346. The van der Waals surface area contributed by atoms with E-state index in [-0.39, 0.29) is 17.8 Å². The van der Waals surface area contributed by atoms with Crippen molar-refractivity contribution in [3.8, 4) is 0 Å². The lowest BCUT2D eigenvalue weighted by Crippen LogP contribution is -2.20. The predicted molar refractivity (Wildman–Crippen MR) is 66.7 cm³/mol. The van der Waals surface area contributed by atoms with Crippen molar-refractivity contribution in [3.05, 3.63) is 34.1 Å². The fourth-order valence-electron chi connectivity index (χ4n) is 1.53. The van der Waals surface area contributed by atoms with Crippen molar-refractivity contribution in [1.29, 1.82) is 0 Å². The predicted octanol–water partition coefficient (Wildman–Crippen LogP) is 3.26. The maximum atomic E-state index is 13.3. The SMILES string of the molecule is COCCC(C)C(N)c1ccc(Br)c(F)c1. The van der Waals surface area contributed by atoms with Crippen LogP contribution in [0, 0.1) is 11.7 Å². The number of hydrogen-bond acceptors (Lipinski definition) is 2. The Morgan fingerprint density at radius 3 is 2.75 bits per heavy atom. The molecule has 1 aromatic carbocycles. The van der Waals surface area contributed by atoms with Crippen molar-refractivity contribution in [2.45, 2.75) is 19.4 Å². The molecule has 0 fully saturated rings. The van der Waals surface area contributed by atoms with Gasteiger partial charge in [-0.15, -0.1) is 0 Å². The van der Waals surface area contributed by atoms with Crippen LogP contribution in [0.1, 0.15) is 24.9 Å². The first-order chi connectivity index (χ1) is 7.56. The third-order valence-electron chi connectivity index (χ3n) is 2.72. The molecule has 2 unspecified atom stereocenters. The lowest BCUT2D eigenvalue weighted by atomic mass is 9.93. The van der Waals surface area contributed by atoms with Gasteiger partial charge in [-0.05, 0) is 46.0 Å². The number of benzene rings is 1. The van der Waals surface area contributed by atoms with Crippen LogP contribution in [0.25, 0.3) is 0 Å². The van der Waals surface area contributed by atoms with Crippen molar-refractivity contribution in [3.63, 3.8) is 0 Å². The number of nitrogens with two attached hydrogens (primary N) is 1. The molecular weight excluding hydrogens is 273 g/mol. The molecular formula is C12H17BrFNO. The number of methoxy groups -OCH3 is 1. The monoisotopic (exact) mass is 289 g/mol. The highest BCUT2D eigenvalue weighted by Crippen LogP contribution is 2.25. The fourth-order valence-corrected chi connectivity index (χ4v) is 1.78. The number of halogens is 2. The Balaban J connectivity index is 2.71. The van der Waals surface area contributed by atoms with E-state index >= 15 is 0 Å². The fraction of sp³-hybridized carbons (Fsp3) is 0.500. The first-order valence-electron chi connectivity index (χ1n) is 5.25. The van der Waals surface area contributed by atoms with Crippen LogP contribution in [0.2, 0.25) is 0 Å². The molecule has 0 bridgehead atoms. The van der Waals surface area contributed by atoms with Gasteiger partial charge in [0.05, 0.1) is 4.47 Å². The summed E-state index contributed by atoms with van der Waals surface area (Å²) in [5.41, 5.74) is 6.88. The molecule has 0 aliphatic heterocycles. The van der Waals surface area contributed by atoms with Crippen LogP contribution < -0.4 is 5.73 Å². The Labute approximate surface area is 104 Å². The Kier molecular flexibility index (Phi) is 5.38. The van der Waals surface area contributed by atoms with E-state index < -0.39 is 0 Å². The van der Waals surface area contributed by atoms with Gasteiger partial charge >= 0.3 is 0 Å². The summed E-state index contributed by atoms with van der Waals surface area (Å²) in [6.07, 6.45) is 0.870. The molecule has 0 radical (unpaired) electrons.